The van der Waals surface area contributed by atoms with Gasteiger partial charge in [-0.05, 0) is 67.3 Å². The Labute approximate surface area is 152 Å². The van der Waals surface area contributed by atoms with Crippen molar-refractivity contribution in [1.29, 1.82) is 0 Å². The van der Waals surface area contributed by atoms with E-state index in [4.69, 9.17) is 9.47 Å². The lowest BCUT2D eigenvalue weighted by molar-refractivity contribution is -0.136. The van der Waals surface area contributed by atoms with Crippen LogP contribution in [0.2, 0.25) is 0 Å². The zero-order valence-corrected chi connectivity index (χ0v) is 15.3. The first-order valence-corrected chi connectivity index (χ1v) is 8.14. The molecule has 0 aliphatic carbocycles. The molecule has 2 rings (SSSR count). The van der Waals surface area contributed by atoms with E-state index in [0.29, 0.717) is 16.9 Å². The molecule has 0 atom stereocenters. The van der Waals surface area contributed by atoms with E-state index in [9.17, 15) is 14.7 Å². The molecule has 1 N–H and O–H groups in total. The largest absolute Gasteiger partial charge is 0.504 e. The number of esters is 1. The molecule has 0 bridgehead atoms. The van der Waals surface area contributed by atoms with E-state index in [1.54, 1.807) is 12.1 Å². The third kappa shape index (κ3) is 4.72. The molecule has 2 aromatic rings. The van der Waals surface area contributed by atoms with Crippen molar-refractivity contribution in [3.05, 3.63) is 64.2 Å². The summed E-state index contributed by atoms with van der Waals surface area (Å²) < 4.78 is 10.0. The number of carbonyl (C=O) groups is 2. The standard InChI is InChI=1S/C21H22O5/c1-13-9-15(3)17(10-14(13)2)19(23)12-26-21(24)8-6-16-5-7-18(22)20(11-16)25-4/h5-11,22H,12H2,1-4H3. The summed E-state index contributed by atoms with van der Waals surface area (Å²) in [5.74, 6) is -0.534. The highest BCUT2D eigenvalue weighted by Crippen LogP contribution is 2.26. The molecule has 0 fully saturated rings. The highest BCUT2D eigenvalue weighted by atomic mass is 16.5. The van der Waals surface area contributed by atoms with E-state index in [-0.39, 0.29) is 18.1 Å². The topological polar surface area (TPSA) is 72.8 Å². The first-order chi connectivity index (χ1) is 12.3. The molecule has 0 saturated carbocycles. The maximum atomic E-state index is 12.3. The number of rotatable bonds is 6. The summed E-state index contributed by atoms with van der Waals surface area (Å²) in [6.45, 7) is 5.47. The fourth-order valence-corrected chi connectivity index (χ4v) is 2.49. The predicted molar refractivity (Wildman–Crippen MR) is 99.6 cm³/mol. The number of aromatic hydroxyl groups is 1. The van der Waals surface area contributed by atoms with Crippen molar-refractivity contribution in [2.45, 2.75) is 20.8 Å². The van der Waals surface area contributed by atoms with E-state index in [1.165, 1.54) is 25.3 Å². The molecule has 0 aliphatic heterocycles. The molecule has 5 heteroatoms. The molecule has 26 heavy (non-hydrogen) atoms. The van der Waals surface area contributed by atoms with Gasteiger partial charge in [-0.25, -0.2) is 4.79 Å². The predicted octanol–water partition coefficient (Wildman–Crippen LogP) is 3.77. The Morgan fingerprint density at radius 2 is 1.73 bits per heavy atom. The van der Waals surface area contributed by atoms with Crippen LogP contribution in [0.4, 0.5) is 0 Å². The van der Waals surface area contributed by atoms with E-state index in [1.807, 2.05) is 32.9 Å². The summed E-state index contributed by atoms with van der Waals surface area (Å²) in [4.78, 5) is 24.1. The van der Waals surface area contributed by atoms with Crippen LogP contribution in [0.25, 0.3) is 6.08 Å². The molecule has 0 heterocycles. The molecule has 0 saturated heterocycles. The summed E-state index contributed by atoms with van der Waals surface area (Å²) in [5, 5.41) is 9.55. The number of hydrogen-bond donors (Lipinski definition) is 1. The van der Waals surface area contributed by atoms with Gasteiger partial charge in [0.25, 0.3) is 0 Å². The van der Waals surface area contributed by atoms with Crippen LogP contribution >= 0.6 is 0 Å². The lowest BCUT2D eigenvalue weighted by atomic mass is 9.98. The molecule has 5 nitrogen and oxygen atoms in total. The molecule has 0 aliphatic rings. The fraction of sp³-hybridized carbons (Fsp3) is 0.238. The molecular formula is C21H22O5. The van der Waals surface area contributed by atoms with Crippen LogP contribution in [0, 0.1) is 20.8 Å². The van der Waals surface area contributed by atoms with Gasteiger partial charge in [-0.2, -0.15) is 0 Å². The SMILES string of the molecule is COc1cc(C=CC(=O)OCC(=O)c2cc(C)c(C)cc2C)ccc1O. The molecule has 0 spiro atoms. The second kappa shape index (κ2) is 8.34. The Morgan fingerprint density at radius 3 is 2.42 bits per heavy atom. The van der Waals surface area contributed by atoms with Crippen molar-refractivity contribution in [3.63, 3.8) is 0 Å². The average Bonchev–Trinajstić information content (AvgIpc) is 2.62. The van der Waals surface area contributed by atoms with Crippen molar-refractivity contribution in [2.24, 2.45) is 0 Å². The first-order valence-electron chi connectivity index (χ1n) is 8.14. The van der Waals surface area contributed by atoms with Crippen molar-refractivity contribution in [3.8, 4) is 11.5 Å². The number of phenolic OH excluding ortho intramolecular Hbond substituents is 1. The minimum Gasteiger partial charge on any atom is -0.504 e. The molecular weight excluding hydrogens is 332 g/mol. The Kier molecular flexibility index (Phi) is 6.17. The zero-order chi connectivity index (χ0) is 19.3. The van der Waals surface area contributed by atoms with Gasteiger partial charge in [0.05, 0.1) is 7.11 Å². The Morgan fingerprint density at radius 1 is 1.04 bits per heavy atom. The number of methoxy groups -OCH3 is 1. The number of Topliss-reactive ketones (excluding diaryl/α,β-unsaturated/α-hetero) is 1. The summed E-state index contributed by atoms with van der Waals surface area (Å²) >= 11 is 0. The smallest absolute Gasteiger partial charge is 0.331 e. The monoisotopic (exact) mass is 354 g/mol. The van der Waals surface area contributed by atoms with E-state index < -0.39 is 5.97 Å². The molecule has 0 unspecified atom stereocenters. The Hall–Kier alpha value is -3.08. The molecule has 0 radical (unpaired) electrons. The zero-order valence-electron chi connectivity index (χ0n) is 15.3. The number of carbonyl (C=O) groups excluding carboxylic acids is 2. The van der Waals surface area contributed by atoms with Crippen molar-refractivity contribution in [1.82, 2.24) is 0 Å². The van der Waals surface area contributed by atoms with Crippen LogP contribution in [-0.2, 0) is 9.53 Å². The van der Waals surface area contributed by atoms with Gasteiger partial charge in [-0.3, -0.25) is 4.79 Å². The lowest BCUT2D eigenvalue weighted by Crippen LogP contribution is -2.14. The minimum absolute atomic E-state index is 0.0154. The second-order valence-corrected chi connectivity index (χ2v) is 6.05. The van der Waals surface area contributed by atoms with Crippen molar-refractivity contribution in [2.75, 3.05) is 13.7 Å². The second-order valence-electron chi connectivity index (χ2n) is 6.05. The normalized spacial score (nSPS) is 10.8. The van der Waals surface area contributed by atoms with Crippen LogP contribution in [0.3, 0.4) is 0 Å². The lowest BCUT2D eigenvalue weighted by Gasteiger charge is -2.09. The number of hydrogen-bond acceptors (Lipinski definition) is 5. The number of benzene rings is 2. The molecule has 0 aromatic heterocycles. The summed E-state index contributed by atoms with van der Waals surface area (Å²) in [7, 11) is 1.44. The number of aryl methyl sites for hydroxylation is 3. The third-order valence-corrected chi connectivity index (χ3v) is 4.10. The van der Waals surface area contributed by atoms with Crippen LogP contribution in [0.5, 0.6) is 11.5 Å². The van der Waals surface area contributed by atoms with Crippen LogP contribution in [0.15, 0.2) is 36.4 Å². The van der Waals surface area contributed by atoms with Gasteiger partial charge in [-0.15, -0.1) is 0 Å². The molecule has 0 amide bonds. The summed E-state index contributed by atoms with van der Waals surface area (Å²) in [6.07, 6.45) is 2.75. The van der Waals surface area contributed by atoms with Crippen molar-refractivity contribution >= 4 is 17.8 Å². The molecule has 136 valence electrons. The van der Waals surface area contributed by atoms with Crippen LogP contribution in [0.1, 0.15) is 32.6 Å². The van der Waals surface area contributed by atoms with Gasteiger partial charge in [0.15, 0.2) is 18.1 Å². The quantitative estimate of drug-likeness (QED) is 0.486. The van der Waals surface area contributed by atoms with Crippen molar-refractivity contribution < 1.29 is 24.2 Å². The van der Waals surface area contributed by atoms with E-state index in [0.717, 1.165) is 16.7 Å². The maximum absolute atomic E-state index is 12.3. The van der Waals surface area contributed by atoms with E-state index in [2.05, 4.69) is 0 Å². The number of ether oxygens (including phenoxy) is 2. The fourth-order valence-electron chi connectivity index (χ4n) is 2.49. The number of phenols is 1. The van der Waals surface area contributed by atoms with Gasteiger partial charge in [0.1, 0.15) is 0 Å². The Bertz CT molecular complexity index is 865. The van der Waals surface area contributed by atoms with Gasteiger partial charge in [0, 0.05) is 11.6 Å². The van der Waals surface area contributed by atoms with Gasteiger partial charge < -0.3 is 14.6 Å². The van der Waals surface area contributed by atoms with Crippen LogP contribution < -0.4 is 4.74 Å². The van der Waals surface area contributed by atoms with Crippen LogP contribution in [-0.4, -0.2) is 30.6 Å². The van der Waals surface area contributed by atoms with Gasteiger partial charge >= 0.3 is 5.97 Å². The summed E-state index contributed by atoms with van der Waals surface area (Å²) in [6, 6.07) is 8.45. The number of ketones is 1. The van der Waals surface area contributed by atoms with Gasteiger partial charge in [-0.1, -0.05) is 12.1 Å². The van der Waals surface area contributed by atoms with Gasteiger partial charge in [0.2, 0.25) is 5.78 Å². The average molecular weight is 354 g/mol. The highest BCUT2D eigenvalue weighted by Gasteiger charge is 2.12. The highest BCUT2D eigenvalue weighted by molar-refractivity contribution is 6.00. The summed E-state index contributed by atoms with van der Waals surface area (Å²) in [5.41, 5.74) is 4.22. The first kappa shape index (κ1) is 19.2. The maximum Gasteiger partial charge on any atom is 0.331 e. The Balaban J connectivity index is 1.98. The third-order valence-electron chi connectivity index (χ3n) is 4.10. The van der Waals surface area contributed by atoms with E-state index >= 15 is 0 Å². The molecule has 2 aromatic carbocycles. The minimum atomic E-state index is -0.619.